The van der Waals surface area contributed by atoms with Crippen LogP contribution in [-0.4, -0.2) is 49.9 Å². The molecule has 6 rings (SSSR count). The third-order valence-electron chi connectivity index (χ3n) is 6.60. The zero-order chi connectivity index (χ0) is 29.1. The molecule has 42 heavy (non-hydrogen) atoms. The number of nitrogens with zero attached hydrogens (tertiary/aromatic N) is 5. The number of hydrogen-bond donors (Lipinski definition) is 2. The van der Waals surface area contributed by atoms with Crippen LogP contribution in [0.3, 0.4) is 0 Å². The first-order valence-electron chi connectivity index (χ1n) is 13.0. The van der Waals surface area contributed by atoms with Crippen LogP contribution in [0.5, 0.6) is 11.5 Å². The van der Waals surface area contributed by atoms with Gasteiger partial charge in [0.2, 0.25) is 10.0 Å². The van der Waals surface area contributed by atoms with Crippen LogP contribution in [0.1, 0.15) is 11.1 Å². The molecule has 0 aliphatic rings. The number of anilines is 1. The normalized spacial score (nSPS) is 11.6. The van der Waals surface area contributed by atoms with E-state index in [2.05, 4.69) is 25.3 Å². The summed E-state index contributed by atoms with van der Waals surface area (Å²) in [5.74, 6) is 1.22. The van der Waals surface area contributed by atoms with Crippen LogP contribution >= 0.6 is 11.6 Å². The fraction of sp³-hybridized carbons (Fsp3) is 0.133. The van der Waals surface area contributed by atoms with Crippen molar-refractivity contribution in [2.45, 2.75) is 12.3 Å². The van der Waals surface area contributed by atoms with Crippen LogP contribution < -0.4 is 10.1 Å². The quantitative estimate of drug-likeness (QED) is 0.200. The zero-order valence-corrected chi connectivity index (χ0v) is 23.8. The Labute approximate surface area is 246 Å². The molecule has 4 aromatic heterocycles. The number of nitrogens with one attached hydrogen (secondary N) is 1. The molecule has 0 bridgehead atoms. The van der Waals surface area contributed by atoms with Gasteiger partial charge in [0, 0.05) is 29.9 Å². The van der Waals surface area contributed by atoms with Gasteiger partial charge in [-0.25, -0.2) is 22.4 Å². The number of alkyl halides is 1. The Morgan fingerprint density at radius 1 is 0.952 bits per heavy atom. The van der Waals surface area contributed by atoms with E-state index in [-0.39, 0.29) is 17.1 Å². The van der Waals surface area contributed by atoms with Crippen LogP contribution in [0, 0.1) is 0 Å². The summed E-state index contributed by atoms with van der Waals surface area (Å²) >= 11 is 5.74. The van der Waals surface area contributed by atoms with Gasteiger partial charge in [0.05, 0.1) is 34.9 Å². The molecule has 0 aliphatic heterocycles. The van der Waals surface area contributed by atoms with Gasteiger partial charge < -0.3 is 15.2 Å². The average molecular weight is 601 g/mol. The van der Waals surface area contributed by atoms with E-state index in [1.54, 1.807) is 48.9 Å². The molecule has 0 saturated carbocycles. The molecule has 4 heterocycles. The Kier molecular flexibility index (Phi) is 7.60. The standard InChI is InChI=1S/C30H25ClN6O4S/c31-8-9-41-25-10-21(13-32-16-25)14-34-29-28-26(22-6-7-27-23(11-22)12-24(38)15-33-27)17-37(30(28)36-19-35-29)42(39,40)18-20-4-2-1-3-5-20/h1-7,10-13,15-17,19,38H,8-9,14,18H2,(H,34,35,36). The van der Waals surface area contributed by atoms with E-state index in [1.165, 1.54) is 16.5 Å². The van der Waals surface area contributed by atoms with Gasteiger partial charge in [-0.15, -0.1) is 11.6 Å². The minimum Gasteiger partial charge on any atom is -0.506 e. The molecule has 10 nitrogen and oxygen atoms in total. The summed E-state index contributed by atoms with van der Waals surface area (Å²) in [6, 6.07) is 18.0. The predicted octanol–water partition coefficient (Wildman–Crippen LogP) is 5.35. The minimum absolute atomic E-state index is 0.0315. The topological polar surface area (TPSA) is 132 Å². The lowest BCUT2D eigenvalue weighted by atomic mass is 10.0. The monoisotopic (exact) mass is 600 g/mol. The number of aromatic nitrogens is 5. The fourth-order valence-corrected chi connectivity index (χ4v) is 6.22. The maximum Gasteiger partial charge on any atom is 0.244 e. The number of halogens is 1. The summed E-state index contributed by atoms with van der Waals surface area (Å²) in [7, 11) is -3.87. The van der Waals surface area contributed by atoms with Crippen molar-refractivity contribution in [2.24, 2.45) is 0 Å². The Morgan fingerprint density at radius 2 is 1.81 bits per heavy atom. The van der Waals surface area contributed by atoms with E-state index in [9.17, 15) is 13.5 Å². The smallest absolute Gasteiger partial charge is 0.244 e. The van der Waals surface area contributed by atoms with Crippen LogP contribution in [0.4, 0.5) is 5.82 Å². The van der Waals surface area contributed by atoms with E-state index in [1.807, 2.05) is 30.3 Å². The van der Waals surface area contributed by atoms with Crippen molar-refractivity contribution in [3.63, 3.8) is 0 Å². The highest BCUT2D eigenvalue weighted by Crippen LogP contribution is 2.36. The van der Waals surface area contributed by atoms with Gasteiger partial charge in [0.15, 0.2) is 5.65 Å². The highest BCUT2D eigenvalue weighted by Gasteiger charge is 2.24. The first-order chi connectivity index (χ1) is 20.4. The Morgan fingerprint density at radius 3 is 2.64 bits per heavy atom. The number of benzene rings is 2. The van der Waals surface area contributed by atoms with E-state index < -0.39 is 10.0 Å². The van der Waals surface area contributed by atoms with E-state index in [0.717, 1.165) is 5.56 Å². The summed E-state index contributed by atoms with van der Waals surface area (Å²) in [6.45, 7) is 0.702. The second kappa shape index (κ2) is 11.6. The first kappa shape index (κ1) is 27.4. The third-order valence-corrected chi connectivity index (χ3v) is 8.33. The number of aromatic hydroxyl groups is 1. The summed E-state index contributed by atoms with van der Waals surface area (Å²) in [6.07, 6.45) is 7.61. The van der Waals surface area contributed by atoms with Crippen molar-refractivity contribution < 1.29 is 18.3 Å². The van der Waals surface area contributed by atoms with Gasteiger partial charge in [-0.05, 0) is 41.0 Å². The maximum atomic E-state index is 13.7. The van der Waals surface area contributed by atoms with Crippen molar-refractivity contribution in [2.75, 3.05) is 17.8 Å². The molecule has 0 fully saturated rings. The first-order valence-corrected chi connectivity index (χ1v) is 15.1. The Balaban J connectivity index is 1.46. The molecule has 2 aromatic carbocycles. The molecule has 12 heteroatoms. The predicted molar refractivity (Wildman–Crippen MR) is 162 cm³/mol. The van der Waals surface area contributed by atoms with Crippen molar-refractivity contribution in [1.29, 1.82) is 0 Å². The second-order valence-electron chi connectivity index (χ2n) is 9.52. The molecule has 0 aliphatic carbocycles. The lowest BCUT2D eigenvalue weighted by Crippen LogP contribution is -2.14. The van der Waals surface area contributed by atoms with Crippen LogP contribution in [-0.2, 0) is 22.3 Å². The number of pyridine rings is 2. The van der Waals surface area contributed by atoms with Gasteiger partial charge in [-0.1, -0.05) is 36.4 Å². The van der Waals surface area contributed by atoms with Crippen molar-refractivity contribution in [3.05, 3.63) is 103 Å². The fourth-order valence-electron chi connectivity index (χ4n) is 4.72. The lowest BCUT2D eigenvalue weighted by Gasteiger charge is -2.10. The van der Waals surface area contributed by atoms with Gasteiger partial charge >= 0.3 is 0 Å². The highest BCUT2D eigenvalue weighted by atomic mass is 35.5. The van der Waals surface area contributed by atoms with Crippen molar-refractivity contribution in [1.82, 2.24) is 23.9 Å². The van der Waals surface area contributed by atoms with Crippen LogP contribution in [0.15, 0.2) is 91.8 Å². The Hall–Kier alpha value is -4.74. The lowest BCUT2D eigenvalue weighted by molar-refractivity contribution is 0.341. The molecule has 2 N–H and O–H groups in total. The average Bonchev–Trinajstić information content (AvgIpc) is 3.41. The summed E-state index contributed by atoms with van der Waals surface area (Å²) in [5.41, 5.74) is 3.74. The molecule has 6 aromatic rings. The second-order valence-corrected chi connectivity index (χ2v) is 11.7. The summed E-state index contributed by atoms with van der Waals surface area (Å²) < 4.78 is 34.3. The Bertz CT molecular complexity index is 2000. The molecule has 0 amide bonds. The zero-order valence-electron chi connectivity index (χ0n) is 22.2. The van der Waals surface area contributed by atoms with Gasteiger partial charge in [-0.2, -0.15) is 0 Å². The van der Waals surface area contributed by atoms with Crippen LogP contribution in [0.2, 0.25) is 0 Å². The van der Waals surface area contributed by atoms with Crippen molar-refractivity contribution in [3.8, 4) is 22.6 Å². The molecular formula is C30H25ClN6O4S. The van der Waals surface area contributed by atoms with E-state index >= 15 is 0 Å². The van der Waals surface area contributed by atoms with E-state index in [4.69, 9.17) is 16.3 Å². The largest absolute Gasteiger partial charge is 0.506 e. The molecule has 0 unspecified atom stereocenters. The van der Waals surface area contributed by atoms with Gasteiger partial charge in [0.1, 0.15) is 30.3 Å². The highest BCUT2D eigenvalue weighted by molar-refractivity contribution is 7.89. The molecule has 0 saturated heterocycles. The summed E-state index contributed by atoms with van der Waals surface area (Å²) in [5, 5.41) is 14.6. The molecular weight excluding hydrogens is 576 g/mol. The van der Waals surface area contributed by atoms with Crippen molar-refractivity contribution >= 4 is 49.4 Å². The number of rotatable bonds is 10. The molecule has 0 radical (unpaired) electrons. The molecule has 0 atom stereocenters. The molecule has 212 valence electrons. The summed E-state index contributed by atoms with van der Waals surface area (Å²) in [4.78, 5) is 17.4. The SMILES string of the molecule is O=S(=O)(Cc1ccccc1)n1cc(-c2ccc3ncc(O)cc3c2)c2c(NCc3cncc(OCCCl)c3)ncnc21. The number of hydrogen-bond acceptors (Lipinski definition) is 9. The number of fused-ring (bicyclic) bond motifs is 2. The maximum absolute atomic E-state index is 13.7. The third kappa shape index (κ3) is 5.69. The van der Waals surface area contributed by atoms with Gasteiger partial charge in [0.25, 0.3) is 0 Å². The van der Waals surface area contributed by atoms with E-state index in [0.29, 0.717) is 63.6 Å². The van der Waals surface area contributed by atoms with Gasteiger partial charge in [-0.3, -0.25) is 9.97 Å². The minimum atomic E-state index is -3.87. The van der Waals surface area contributed by atoms with Crippen LogP contribution in [0.25, 0.3) is 33.1 Å². The molecule has 0 spiro atoms. The number of ether oxygens (including phenoxy) is 1.